The molecule has 2 rings (SSSR count). The van der Waals surface area contributed by atoms with Gasteiger partial charge in [-0.1, -0.05) is 0 Å². The second-order valence-electron chi connectivity index (χ2n) is 5.76. The number of hydrogen-bond donors (Lipinski definition) is 1. The van der Waals surface area contributed by atoms with Gasteiger partial charge < -0.3 is 19.9 Å². The zero-order valence-corrected chi connectivity index (χ0v) is 13.4. The highest BCUT2D eigenvalue weighted by molar-refractivity contribution is 5.54. The lowest BCUT2D eigenvalue weighted by atomic mass is 9.99. The van der Waals surface area contributed by atoms with Crippen LogP contribution in [-0.4, -0.2) is 45.0 Å². The lowest BCUT2D eigenvalue weighted by Gasteiger charge is -2.35. The molecular formula is C16H26N2O3. The summed E-state index contributed by atoms with van der Waals surface area (Å²) in [4.78, 5) is 2.34. The van der Waals surface area contributed by atoms with E-state index in [-0.39, 0.29) is 5.66 Å². The molecule has 5 nitrogen and oxygen atoms in total. The smallest absolute Gasteiger partial charge is 0.203 e. The number of methoxy groups -OCH3 is 3. The van der Waals surface area contributed by atoms with Gasteiger partial charge in [-0.05, 0) is 50.6 Å². The summed E-state index contributed by atoms with van der Waals surface area (Å²) in [6.07, 6.45) is 3.19. The van der Waals surface area contributed by atoms with Crippen molar-refractivity contribution in [2.45, 2.75) is 31.8 Å². The van der Waals surface area contributed by atoms with E-state index in [2.05, 4.69) is 11.8 Å². The Kier molecular flexibility index (Phi) is 4.96. The fourth-order valence-electron chi connectivity index (χ4n) is 2.99. The molecule has 1 aromatic carbocycles. The van der Waals surface area contributed by atoms with Gasteiger partial charge in [-0.15, -0.1) is 0 Å². The molecule has 1 fully saturated rings. The molecule has 0 aliphatic carbocycles. The number of nitrogens with zero attached hydrogens (tertiary/aromatic N) is 1. The summed E-state index contributed by atoms with van der Waals surface area (Å²) in [6.45, 7) is 4.22. The van der Waals surface area contributed by atoms with Gasteiger partial charge in [-0.25, -0.2) is 0 Å². The van der Waals surface area contributed by atoms with E-state index < -0.39 is 0 Å². The third-order valence-electron chi connectivity index (χ3n) is 4.12. The Morgan fingerprint density at radius 3 is 2.00 bits per heavy atom. The van der Waals surface area contributed by atoms with Crippen LogP contribution < -0.4 is 19.9 Å². The molecule has 0 aromatic heterocycles. The van der Waals surface area contributed by atoms with E-state index in [1.54, 1.807) is 21.3 Å². The third kappa shape index (κ3) is 3.41. The van der Waals surface area contributed by atoms with Crippen molar-refractivity contribution < 1.29 is 14.2 Å². The Morgan fingerprint density at radius 2 is 1.57 bits per heavy atom. The maximum atomic E-state index is 6.52. The van der Waals surface area contributed by atoms with E-state index in [4.69, 9.17) is 19.9 Å². The molecule has 1 aliphatic heterocycles. The van der Waals surface area contributed by atoms with Crippen molar-refractivity contribution in [2.75, 3.05) is 34.4 Å². The second kappa shape index (κ2) is 6.54. The largest absolute Gasteiger partial charge is 0.493 e. The van der Waals surface area contributed by atoms with Crippen molar-refractivity contribution in [3.63, 3.8) is 0 Å². The van der Waals surface area contributed by atoms with Crippen molar-refractivity contribution in [1.82, 2.24) is 4.90 Å². The molecule has 21 heavy (non-hydrogen) atoms. The van der Waals surface area contributed by atoms with Crippen LogP contribution in [0, 0.1) is 0 Å². The minimum absolute atomic E-state index is 0.360. The van der Waals surface area contributed by atoms with Gasteiger partial charge in [0.1, 0.15) is 0 Å². The van der Waals surface area contributed by atoms with Gasteiger partial charge in [0.25, 0.3) is 0 Å². The number of benzene rings is 1. The zero-order chi connectivity index (χ0) is 15.5. The molecule has 0 bridgehead atoms. The van der Waals surface area contributed by atoms with E-state index in [0.717, 1.165) is 25.1 Å². The Morgan fingerprint density at radius 1 is 1.05 bits per heavy atom. The maximum absolute atomic E-state index is 6.52. The number of likely N-dealkylation sites (tertiary alicyclic amines) is 1. The first kappa shape index (κ1) is 15.9. The molecule has 1 unspecified atom stereocenters. The summed E-state index contributed by atoms with van der Waals surface area (Å²) in [5.74, 6) is 1.96. The van der Waals surface area contributed by atoms with Gasteiger partial charge in [0.05, 0.1) is 27.0 Å². The molecule has 1 aromatic rings. The van der Waals surface area contributed by atoms with Crippen molar-refractivity contribution in [3.05, 3.63) is 17.7 Å². The monoisotopic (exact) mass is 294 g/mol. The Balaban J connectivity index is 2.27. The highest BCUT2D eigenvalue weighted by atomic mass is 16.5. The molecule has 2 N–H and O–H groups in total. The van der Waals surface area contributed by atoms with Crippen molar-refractivity contribution >= 4 is 0 Å². The highest BCUT2D eigenvalue weighted by Crippen LogP contribution is 2.39. The molecule has 1 aliphatic rings. The normalized spacial score (nSPS) is 18.3. The van der Waals surface area contributed by atoms with Gasteiger partial charge in [0.2, 0.25) is 5.75 Å². The van der Waals surface area contributed by atoms with Crippen LogP contribution >= 0.6 is 0 Å². The molecule has 0 saturated carbocycles. The topological polar surface area (TPSA) is 57.0 Å². The van der Waals surface area contributed by atoms with E-state index in [1.165, 1.54) is 12.8 Å². The second-order valence-corrected chi connectivity index (χ2v) is 5.76. The van der Waals surface area contributed by atoms with E-state index in [0.29, 0.717) is 17.2 Å². The van der Waals surface area contributed by atoms with Crippen LogP contribution in [0.15, 0.2) is 12.1 Å². The average Bonchev–Trinajstić information content (AvgIpc) is 3.00. The van der Waals surface area contributed by atoms with Gasteiger partial charge in [0, 0.05) is 6.42 Å². The average molecular weight is 294 g/mol. The lowest BCUT2D eigenvalue weighted by Crippen LogP contribution is -2.54. The van der Waals surface area contributed by atoms with Crippen LogP contribution in [0.5, 0.6) is 17.2 Å². The number of nitrogens with two attached hydrogens (primary N) is 1. The van der Waals surface area contributed by atoms with Gasteiger partial charge in [-0.2, -0.15) is 0 Å². The molecule has 1 saturated heterocycles. The SMILES string of the molecule is COc1cc(CC(C)(N)N2CCCC2)cc(OC)c1OC. The third-order valence-corrected chi connectivity index (χ3v) is 4.12. The van der Waals surface area contributed by atoms with Crippen molar-refractivity contribution in [2.24, 2.45) is 5.73 Å². The van der Waals surface area contributed by atoms with Gasteiger partial charge >= 0.3 is 0 Å². The predicted octanol–water partition coefficient (Wildman–Crippen LogP) is 2.03. The minimum Gasteiger partial charge on any atom is -0.493 e. The van der Waals surface area contributed by atoms with E-state index in [1.807, 2.05) is 12.1 Å². The Hall–Kier alpha value is -1.46. The number of ether oxygens (including phenoxy) is 3. The van der Waals surface area contributed by atoms with Gasteiger partial charge in [-0.3, -0.25) is 4.90 Å². The van der Waals surface area contributed by atoms with Crippen LogP contribution in [0.1, 0.15) is 25.3 Å². The zero-order valence-electron chi connectivity index (χ0n) is 13.4. The van der Waals surface area contributed by atoms with Crippen LogP contribution in [-0.2, 0) is 6.42 Å². The van der Waals surface area contributed by atoms with E-state index >= 15 is 0 Å². The molecule has 5 heteroatoms. The lowest BCUT2D eigenvalue weighted by molar-refractivity contribution is 0.141. The van der Waals surface area contributed by atoms with Crippen LogP contribution in [0.3, 0.4) is 0 Å². The summed E-state index contributed by atoms with van der Waals surface area (Å²) in [6, 6.07) is 3.95. The van der Waals surface area contributed by atoms with Crippen molar-refractivity contribution in [1.29, 1.82) is 0 Å². The Labute approximate surface area is 127 Å². The molecule has 0 radical (unpaired) electrons. The number of hydrogen-bond acceptors (Lipinski definition) is 5. The first-order valence-electron chi connectivity index (χ1n) is 7.34. The summed E-state index contributed by atoms with van der Waals surface area (Å²) in [5, 5.41) is 0. The summed E-state index contributed by atoms with van der Waals surface area (Å²) < 4.78 is 16.2. The Bertz CT molecular complexity index is 457. The summed E-state index contributed by atoms with van der Waals surface area (Å²) >= 11 is 0. The summed E-state index contributed by atoms with van der Waals surface area (Å²) in [5.41, 5.74) is 7.25. The quantitative estimate of drug-likeness (QED) is 0.870. The van der Waals surface area contributed by atoms with Gasteiger partial charge in [0.15, 0.2) is 11.5 Å². The van der Waals surface area contributed by atoms with Crippen LogP contribution in [0.4, 0.5) is 0 Å². The number of rotatable bonds is 6. The molecule has 118 valence electrons. The first-order valence-corrected chi connectivity index (χ1v) is 7.34. The highest BCUT2D eigenvalue weighted by Gasteiger charge is 2.30. The fourth-order valence-corrected chi connectivity index (χ4v) is 2.99. The maximum Gasteiger partial charge on any atom is 0.203 e. The molecule has 1 atom stereocenters. The fraction of sp³-hybridized carbons (Fsp3) is 0.625. The van der Waals surface area contributed by atoms with Crippen LogP contribution in [0.25, 0.3) is 0 Å². The molecule has 0 amide bonds. The van der Waals surface area contributed by atoms with Crippen molar-refractivity contribution in [3.8, 4) is 17.2 Å². The first-order chi connectivity index (χ1) is 10.0. The minimum atomic E-state index is -0.360. The molecular weight excluding hydrogens is 268 g/mol. The summed E-state index contributed by atoms with van der Waals surface area (Å²) in [7, 11) is 4.86. The van der Waals surface area contributed by atoms with Crippen LogP contribution in [0.2, 0.25) is 0 Å². The van der Waals surface area contributed by atoms with E-state index in [9.17, 15) is 0 Å². The molecule has 1 heterocycles. The molecule has 0 spiro atoms. The standard InChI is InChI=1S/C16H26N2O3/c1-16(17,18-7-5-6-8-18)11-12-9-13(19-2)15(21-4)14(10-12)20-3/h9-10H,5-8,11,17H2,1-4H3. The predicted molar refractivity (Wildman–Crippen MR) is 83.2 cm³/mol.